The number of carbonyl (C=O) groups excluding carboxylic acids is 1. The molecule has 1 aromatic heterocycles. The van der Waals surface area contributed by atoms with E-state index >= 15 is 0 Å². The summed E-state index contributed by atoms with van der Waals surface area (Å²) >= 11 is 0. The van der Waals surface area contributed by atoms with E-state index in [1.165, 1.54) is 12.5 Å². The average molecular weight is 322 g/mol. The van der Waals surface area contributed by atoms with E-state index < -0.39 is 0 Å². The lowest BCUT2D eigenvalue weighted by atomic mass is 10.1. The van der Waals surface area contributed by atoms with Gasteiger partial charge in [-0.1, -0.05) is 36.4 Å². The van der Waals surface area contributed by atoms with Crippen LogP contribution >= 0.6 is 0 Å². The van der Waals surface area contributed by atoms with Crippen molar-refractivity contribution in [2.24, 2.45) is 0 Å². The molecule has 6 heteroatoms. The van der Waals surface area contributed by atoms with Crippen molar-refractivity contribution in [3.63, 3.8) is 0 Å². The summed E-state index contributed by atoms with van der Waals surface area (Å²) in [6.45, 7) is 0.581. The van der Waals surface area contributed by atoms with Gasteiger partial charge in [-0.25, -0.2) is 4.98 Å². The topological polar surface area (TPSA) is 77.0 Å². The van der Waals surface area contributed by atoms with Crippen LogP contribution in [0, 0.1) is 0 Å². The van der Waals surface area contributed by atoms with Gasteiger partial charge in [0, 0.05) is 18.5 Å². The largest absolute Gasteiger partial charge is 0.469 e. The number of esters is 1. The van der Waals surface area contributed by atoms with E-state index in [-0.39, 0.29) is 5.97 Å². The van der Waals surface area contributed by atoms with Crippen LogP contribution in [0.15, 0.2) is 48.7 Å². The van der Waals surface area contributed by atoms with Gasteiger partial charge >= 0.3 is 5.97 Å². The molecule has 0 amide bonds. The minimum Gasteiger partial charge on any atom is -0.469 e. The maximum atomic E-state index is 11.1. The van der Waals surface area contributed by atoms with E-state index in [9.17, 15) is 4.79 Å². The second kappa shape index (κ2) is 7.50. The number of anilines is 1. The van der Waals surface area contributed by atoms with E-state index in [1.807, 2.05) is 18.2 Å². The lowest BCUT2D eigenvalue weighted by molar-refractivity contribution is -0.140. The van der Waals surface area contributed by atoms with Crippen LogP contribution in [0.2, 0.25) is 0 Å². The molecule has 1 N–H and O–H groups in total. The molecule has 0 aliphatic rings. The molecule has 0 atom stereocenters. The van der Waals surface area contributed by atoms with Gasteiger partial charge in [0.15, 0.2) is 0 Å². The molecule has 3 rings (SSSR count). The van der Waals surface area contributed by atoms with Gasteiger partial charge in [-0.2, -0.15) is 5.10 Å². The van der Waals surface area contributed by atoms with Crippen LogP contribution in [-0.4, -0.2) is 34.8 Å². The molecule has 24 heavy (non-hydrogen) atoms. The van der Waals surface area contributed by atoms with Crippen LogP contribution in [0.5, 0.6) is 0 Å². The number of fused-ring (bicyclic) bond motifs is 1. The number of hydrogen-bond acceptors (Lipinski definition) is 6. The summed E-state index contributed by atoms with van der Waals surface area (Å²) in [4.78, 5) is 15.6. The third-order valence-electron chi connectivity index (χ3n) is 3.67. The van der Waals surface area contributed by atoms with Gasteiger partial charge in [0.25, 0.3) is 0 Å². The van der Waals surface area contributed by atoms with E-state index in [2.05, 4.69) is 49.5 Å². The van der Waals surface area contributed by atoms with Crippen LogP contribution in [-0.2, 0) is 9.53 Å². The maximum absolute atomic E-state index is 11.1. The van der Waals surface area contributed by atoms with Gasteiger partial charge in [0.2, 0.25) is 5.95 Å². The summed E-state index contributed by atoms with van der Waals surface area (Å²) in [6, 6.07) is 14.3. The number of carbonyl (C=O) groups is 1. The van der Waals surface area contributed by atoms with Crippen LogP contribution in [0.4, 0.5) is 5.95 Å². The molecule has 0 radical (unpaired) electrons. The van der Waals surface area contributed by atoms with E-state index in [4.69, 9.17) is 0 Å². The number of aromatic nitrogens is 3. The molecular weight excluding hydrogens is 304 g/mol. The van der Waals surface area contributed by atoms with Crippen molar-refractivity contribution < 1.29 is 9.53 Å². The first-order valence-electron chi connectivity index (χ1n) is 7.76. The van der Waals surface area contributed by atoms with Crippen molar-refractivity contribution in [2.45, 2.75) is 12.8 Å². The highest BCUT2D eigenvalue weighted by molar-refractivity contribution is 5.86. The Morgan fingerprint density at radius 3 is 2.83 bits per heavy atom. The van der Waals surface area contributed by atoms with Crippen molar-refractivity contribution in [3.8, 4) is 11.3 Å². The van der Waals surface area contributed by atoms with E-state index in [0.717, 1.165) is 16.6 Å². The second-order valence-electron chi connectivity index (χ2n) is 5.33. The molecule has 0 spiro atoms. The third kappa shape index (κ3) is 3.84. The van der Waals surface area contributed by atoms with Crippen LogP contribution < -0.4 is 5.32 Å². The molecule has 3 aromatic rings. The number of methoxy groups -OCH3 is 1. The quantitative estimate of drug-likeness (QED) is 0.555. The Bertz CT molecular complexity index is 851. The maximum Gasteiger partial charge on any atom is 0.305 e. The van der Waals surface area contributed by atoms with Crippen molar-refractivity contribution >= 4 is 22.7 Å². The Hall–Kier alpha value is -3.02. The van der Waals surface area contributed by atoms with E-state index in [0.29, 0.717) is 25.3 Å². The van der Waals surface area contributed by atoms with Gasteiger partial charge < -0.3 is 10.1 Å². The van der Waals surface area contributed by atoms with Crippen molar-refractivity contribution in [3.05, 3.63) is 48.7 Å². The summed E-state index contributed by atoms with van der Waals surface area (Å²) in [5, 5.41) is 13.4. The van der Waals surface area contributed by atoms with Gasteiger partial charge in [-0.05, 0) is 23.3 Å². The smallest absolute Gasteiger partial charge is 0.305 e. The predicted molar refractivity (Wildman–Crippen MR) is 92.5 cm³/mol. The fourth-order valence-electron chi connectivity index (χ4n) is 2.40. The third-order valence-corrected chi connectivity index (χ3v) is 3.67. The number of ether oxygens (including phenoxy) is 1. The first-order chi connectivity index (χ1) is 11.8. The Morgan fingerprint density at radius 2 is 2.00 bits per heavy atom. The molecule has 6 nitrogen and oxygen atoms in total. The summed E-state index contributed by atoms with van der Waals surface area (Å²) in [7, 11) is 1.38. The lowest BCUT2D eigenvalue weighted by Gasteiger charge is -2.06. The first-order valence-corrected chi connectivity index (χ1v) is 7.76. The first kappa shape index (κ1) is 15.9. The molecular formula is C18H18N4O2. The second-order valence-corrected chi connectivity index (χ2v) is 5.33. The summed E-state index contributed by atoms with van der Waals surface area (Å²) in [6.07, 6.45) is 2.65. The predicted octanol–water partition coefficient (Wildman–Crippen LogP) is 3.06. The molecule has 0 fully saturated rings. The van der Waals surface area contributed by atoms with Gasteiger partial charge in [-0.3, -0.25) is 4.79 Å². The SMILES string of the molecule is COC(=O)CCCNc1nncc(-c2ccc3ccccc3c2)n1. The zero-order valence-electron chi connectivity index (χ0n) is 13.4. The monoisotopic (exact) mass is 322 g/mol. The molecule has 0 bridgehead atoms. The van der Waals surface area contributed by atoms with Gasteiger partial charge in [0.05, 0.1) is 19.0 Å². The minimum atomic E-state index is -0.222. The Morgan fingerprint density at radius 1 is 1.17 bits per heavy atom. The summed E-state index contributed by atoms with van der Waals surface area (Å²) in [5.41, 5.74) is 1.74. The number of rotatable bonds is 6. The summed E-state index contributed by atoms with van der Waals surface area (Å²) < 4.78 is 4.60. The Kier molecular flexibility index (Phi) is 4.96. The number of nitrogens with one attached hydrogen (secondary N) is 1. The van der Waals surface area contributed by atoms with Gasteiger partial charge in [0.1, 0.15) is 0 Å². The highest BCUT2D eigenvalue weighted by Gasteiger charge is 2.05. The zero-order chi connectivity index (χ0) is 16.8. The van der Waals surface area contributed by atoms with Crippen LogP contribution in [0.25, 0.3) is 22.0 Å². The highest BCUT2D eigenvalue weighted by atomic mass is 16.5. The van der Waals surface area contributed by atoms with Crippen LogP contribution in [0.3, 0.4) is 0 Å². The number of nitrogens with zero attached hydrogens (tertiary/aromatic N) is 3. The fraction of sp³-hybridized carbons (Fsp3) is 0.222. The van der Waals surface area contributed by atoms with Crippen molar-refractivity contribution in [1.29, 1.82) is 0 Å². The standard InChI is InChI=1S/C18H18N4O2/c1-24-17(23)7-4-10-19-18-21-16(12-20-22-18)15-9-8-13-5-2-3-6-14(13)11-15/h2-3,5-6,8-9,11-12H,4,7,10H2,1H3,(H,19,21,22). The van der Waals surface area contributed by atoms with Crippen molar-refractivity contribution in [2.75, 3.05) is 19.0 Å². The molecule has 0 unspecified atom stereocenters. The molecule has 122 valence electrons. The summed E-state index contributed by atoms with van der Waals surface area (Å²) in [5.74, 6) is 0.228. The molecule has 0 aliphatic heterocycles. The molecule has 0 saturated carbocycles. The van der Waals surface area contributed by atoms with Crippen molar-refractivity contribution in [1.82, 2.24) is 15.2 Å². The zero-order valence-corrected chi connectivity index (χ0v) is 13.4. The fourth-order valence-corrected chi connectivity index (χ4v) is 2.40. The Labute approximate surface area is 139 Å². The molecule has 0 aliphatic carbocycles. The normalized spacial score (nSPS) is 10.5. The lowest BCUT2D eigenvalue weighted by Crippen LogP contribution is -2.09. The molecule has 1 heterocycles. The Balaban J connectivity index is 1.71. The minimum absolute atomic E-state index is 0.222. The highest BCUT2D eigenvalue weighted by Crippen LogP contribution is 2.22. The number of hydrogen-bond donors (Lipinski definition) is 1. The number of benzene rings is 2. The van der Waals surface area contributed by atoms with Crippen LogP contribution in [0.1, 0.15) is 12.8 Å². The average Bonchev–Trinajstić information content (AvgIpc) is 2.65. The van der Waals surface area contributed by atoms with E-state index in [1.54, 1.807) is 6.20 Å². The molecule has 2 aromatic carbocycles. The molecule has 0 saturated heterocycles. The van der Waals surface area contributed by atoms with Gasteiger partial charge in [-0.15, -0.1) is 5.10 Å².